The van der Waals surface area contributed by atoms with Crippen molar-refractivity contribution in [2.45, 2.75) is 63.5 Å². The number of carboxylic acids is 1. The van der Waals surface area contributed by atoms with Gasteiger partial charge in [-0.2, -0.15) is 0 Å². The van der Waals surface area contributed by atoms with Crippen molar-refractivity contribution in [1.29, 1.82) is 0 Å². The van der Waals surface area contributed by atoms with Crippen LogP contribution in [0.4, 0.5) is 4.79 Å². The van der Waals surface area contributed by atoms with Crippen molar-refractivity contribution in [2.24, 2.45) is 5.92 Å². The molecule has 0 aromatic rings. The van der Waals surface area contributed by atoms with Crippen LogP contribution in [0.15, 0.2) is 0 Å². The summed E-state index contributed by atoms with van der Waals surface area (Å²) in [6, 6.07) is -1.14. The topological polar surface area (TPSA) is 89.9 Å². The van der Waals surface area contributed by atoms with E-state index in [4.69, 9.17) is 5.11 Å². The molecule has 0 spiro atoms. The summed E-state index contributed by atoms with van der Waals surface area (Å²) in [4.78, 5) is 25.0. The Morgan fingerprint density at radius 1 is 1.38 bits per heavy atom. The third-order valence-corrected chi connectivity index (χ3v) is 4.89. The van der Waals surface area contributed by atoms with Gasteiger partial charge in [-0.3, -0.25) is 0 Å². The zero-order chi connectivity index (χ0) is 15.5. The largest absolute Gasteiger partial charge is 0.480 e. The van der Waals surface area contributed by atoms with E-state index >= 15 is 0 Å². The Labute approximate surface area is 125 Å². The lowest BCUT2D eigenvalue weighted by molar-refractivity contribution is -0.139. The van der Waals surface area contributed by atoms with E-state index in [-0.39, 0.29) is 11.9 Å². The second-order valence-corrected chi connectivity index (χ2v) is 6.37. The maximum Gasteiger partial charge on any atom is 0.326 e. The monoisotopic (exact) mass is 298 g/mol. The molecule has 3 N–H and O–H groups in total. The van der Waals surface area contributed by atoms with Gasteiger partial charge >= 0.3 is 12.0 Å². The van der Waals surface area contributed by atoms with Gasteiger partial charge in [0.1, 0.15) is 6.04 Å². The summed E-state index contributed by atoms with van der Waals surface area (Å²) in [5, 5.41) is 22.3. The van der Waals surface area contributed by atoms with Gasteiger partial charge in [0, 0.05) is 19.0 Å². The zero-order valence-electron chi connectivity index (χ0n) is 12.7. The lowest BCUT2D eigenvalue weighted by Crippen LogP contribution is -2.58. The standard InChI is InChI=1S/C15H26N2O4/c1-2-5-12(13(18)19)16-14(20)17-9-8-15(21)7-4-3-6-11(15)10-17/h11-12,21H,2-10H2,1H3,(H,16,20)(H,18,19)/t11?,12-,15?/m0/s1. The molecule has 6 nitrogen and oxygen atoms in total. The third kappa shape index (κ3) is 3.67. The van der Waals surface area contributed by atoms with Crippen LogP contribution in [0.25, 0.3) is 0 Å². The molecule has 3 atom stereocenters. The van der Waals surface area contributed by atoms with Crippen LogP contribution in [0.5, 0.6) is 0 Å². The first-order chi connectivity index (χ1) is 9.96. The highest BCUT2D eigenvalue weighted by Gasteiger charge is 2.44. The highest BCUT2D eigenvalue weighted by molar-refractivity contribution is 5.82. The van der Waals surface area contributed by atoms with Crippen LogP contribution in [0.1, 0.15) is 51.9 Å². The minimum absolute atomic E-state index is 0.125. The highest BCUT2D eigenvalue weighted by atomic mass is 16.4. The van der Waals surface area contributed by atoms with E-state index in [0.717, 1.165) is 25.7 Å². The first-order valence-electron chi connectivity index (χ1n) is 7.97. The van der Waals surface area contributed by atoms with Crippen LogP contribution in [-0.2, 0) is 4.79 Å². The van der Waals surface area contributed by atoms with Crippen molar-refractivity contribution in [3.05, 3.63) is 0 Å². The Kier molecular flexibility index (Phi) is 5.08. The number of hydrogen-bond acceptors (Lipinski definition) is 3. The molecule has 2 amide bonds. The maximum absolute atomic E-state index is 12.2. The predicted octanol–water partition coefficient (Wildman–Crippen LogP) is 1.58. The van der Waals surface area contributed by atoms with Crippen molar-refractivity contribution >= 4 is 12.0 Å². The number of carbonyl (C=O) groups excluding carboxylic acids is 1. The van der Waals surface area contributed by atoms with Crippen LogP contribution in [0.3, 0.4) is 0 Å². The molecular formula is C15H26N2O4. The molecule has 6 heteroatoms. The van der Waals surface area contributed by atoms with Crippen molar-refractivity contribution in [3.63, 3.8) is 0 Å². The first-order valence-corrected chi connectivity index (χ1v) is 7.97. The van der Waals surface area contributed by atoms with Crippen LogP contribution >= 0.6 is 0 Å². The molecule has 1 aliphatic carbocycles. The summed E-state index contributed by atoms with van der Waals surface area (Å²) in [5.74, 6) is -0.864. The van der Waals surface area contributed by atoms with Crippen molar-refractivity contribution in [1.82, 2.24) is 10.2 Å². The average molecular weight is 298 g/mol. The molecular weight excluding hydrogens is 272 g/mol. The molecule has 0 radical (unpaired) electrons. The summed E-state index contributed by atoms with van der Waals surface area (Å²) in [5.41, 5.74) is -0.620. The molecule has 1 heterocycles. The Bertz CT molecular complexity index is 401. The molecule has 2 fully saturated rings. The van der Waals surface area contributed by atoms with Crippen molar-refractivity contribution in [3.8, 4) is 0 Å². The molecule has 21 heavy (non-hydrogen) atoms. The number of piperidine rings is 1. The number of carboxylic acid groups (broad SMARTS) is 1. The molecule has 2 rings (SSSR count). The van der Waals surface area contributed by atoms with E-state index in [1.807, 2.05) is 6.92 Å². The molecule has 1 aliphatic heterocycles. The van der Waals surface area contributed by atoms with E-state index < -0.39 is 17.6 Å². The summed E-state index contributed by atoms with van der Waals surface area (Å²) in [6.07, 6.45) is 5.64. The van der Waals surface area contributed by atoms with Crippen LogP contribution in [-0.4, -0.2) is 51.8 Å². The lowest BCUT2D eigenvalue weighted by Gasteiger charge is -2.47. The summed E-state index contributed by atoms with van der Waals surface area (Å²) in [7, 11) is 0. The number of aliphatic hydroxyl groups is 1. The van der Waals surface area contributed by atoms with Gasteiger partial charge in [0.05, 0.1) is 5.60 Å². The van der Waals surface area contributed by atoms with E-state index in [2.05, 4.69) is 5.32 Å². The number of rotatable bonds is 4. The molecule has 0 bridgehead atoms. The van der Waals surface area contributed by atoms with Gasteiger partial charge in [0.2, 0.25) is 0 Å². The number of aliphatic carboxylic acids is 1. The van der Waals surface area contributed by atoms with Crippen LogP contribution in [0, 0.1) is 5.92 Å². The fraction of sp³-hybridized carbons (Fsp3) is 0.867. The fourth-order valence-electron chi connectivity index (χ4n) is 3.54. The summed E-state index contributed by atoms with van der Waals surface area (Å²) in [6.45, 7) is 2.92. The van der Waals surface area contributed by atoms with E-state index in [1.54, 1.807) is 4.90 Å². The number of amides is 2. The van der Waals surface area contributed by atoms with Crippen LogP contribution in [0.2, 0.25) is 0 Å². The number of likely N-dealkylation sites (tertiary alicyclic amines) is 1. The summed E-state index contributed by atoms with van der Waals surface area (Å²) >= 11 is 0. The molecule has 1 saturated carbocycles. The Morgan fingerprint density at radius 2 is 2.14 bits per heavy atom. The number of carbonyl (C=O) groups is 2. The van der Waals surface area contributed by atoms with Gasteiger partial charge in [0.25, 0.3) is 0 Å². The normalized spacial score (nSPS) is 30.4. The average Bonchev–Trinajstić information content (AvgIpc) is 2.45. The minimum Gasteiger partial charge on any atom is -0.480 e. The maximum atomic E-state index is 12.2. The molecule has 2 unspecified atom stereocenters. The number of hydrogen-bond donors (Lipinski definition) is 3. The van der Waals surface area contributed by atoms with Gasteiger partial charge in [-0.1, -0.05) is 26.2 Å². The van der Waals surface area contributed by atoms with Gasteiger partial charge in [0.15, 0.2) is 0 Å². The number of urea groups is 1. The predicted molar refractivity (Wildman–Crippen MR) is 78.0 cm³/mol. The van der Waals surface area contributed by atoms with Crippen LogP contribution < -0.4 is 5.32 Å². The van der Waals surface area contributed by atoms with Crippen molar-refractivity contribution < 1.29 is 19.8 Å². The third-order valence-electron chi connectivity index (χ3n) is 4.89. The molecule has 1 saturated heterocycles. The number of nitrogens with one attached hydrogen (secondary N) is 1. The van der Waals surface area contributed by atoms with E-state index in [1.165, 1.54) is 0 Å². The highest BCUT2D eigenvalue weighted by Crippen LogP contribution is 2.39. The molecule has 0 aromatic heterocycles. The van der Waals surface area contributed by atoms with Gasteiger partial charge in [-0.15, -0.1) is 0 Å². The SMILES string of the molecule is CCC[C@H](NC(=O)N1CCC2(O)CCCCC2C1)C(=O)O. The molecule has 120 valence electrons. The Balaban J connectivity index is 1.93. The Hall–Kier alpha value is -1.30. The van der Waals surface area contributed by atoms with E-state index in [0.29, 0.717) is 32.4 Å². The lowest BCUT2D eigenvalue weighted by atomic mass is 9.71. The van der Waals surface area contributed by atoms with Gasteiger partial charge in [-0.05, 0) is 25.7 Å². The Morgan fingerprint density at radius 3 is 2.81 bits per heavy atom. The smallest absolute Gasteiger partial charge is 0.326 e. The molecule has 0 aromatic carbocycles. The number of fused-ring (bicyclic) bond motifs is 1. The zero-order valence-corrected chi connectivity index (χ0v) is 12.7. The molecule has 2 aliphatic rings. The van der Waals surface area contributed by atoms with Crippen molar-refractivity contribution in [2.75, 3.05) is 13.1 Å². The quantitative estimate of drug-likeness (QED) is 0.735. The van der Waals surface area contributed by atoms with E-state index in [9.17, 15) is 14.7 Å². The minimum atomic E-state index is -0.989. The second kappa shape index (κ2) is 6.64. The van der Waals surface area contributed by atoms with Gasteiger partial charge < -0.3 is 20.4 Å². The van der Waals surface area contributed by atoms with Gasteiger partial charge in [-0.25, -0.2) is 9.59 Å². The second-order valence-electron chi connectivity index (χ2n) is 6.37. The fourth-order valence-corrected chi connectivity index (χ4v) is 3.54. The number of nitrogens with zero attached hydrogens (tertiary/aromatic N) is 1. The summed E-state index contributed by atoms with van der Waals surface area (Å²) < 4.78 is 0. The first kappa shape index (κ1) is 16.1.